The summed E-state index contributed by atoms with van der Waals surface area (Å²) >= 11 is 6.39. The summed E-state index contributed by atoms with van der Waals surface area (Å²) < 4.78 is 0. The van der Waals surface area contributed by atoms with Gasteiger partial charge < -0.3 is 21.1 Å². The van der Waals surface area contributed by atoms with E-state index in [-0.39, 0.29) is 43.2 Å². The first-order valence-corrected chi connectivity index (χ1v) is 10.5. The molecule has 0 fully saturated rings. The molecular weight excluding hydrogens is 471 g/mol. The predicted molar refractivity (Wildman–Crippen MR) is 138 cm³/mol. The van der Waals surface area contributed by atoms with Crippen molar-refractivity contribution in [2.75, 3.05) is 36.9 Å². The maximum absolute atomic E-state index is 12.7. The molecule has 3 rings (SSSR count). The van der Waals surface area contributed by atoms with Gasteiger partial charge in [0.1, 0.15) is 5.82 Å². The third-order valence-electron chi connectivity index (χ3n) is 4.84. The van der Waals surface area contributed by atoms with Crippen LogP contribution in [-0.2, 0) is 4.79 Å². The van der Waals surface area contributed by atoms with Gasteiger partial charge >= 0.3 is 0 Å². The number of hydrogen-bond acceptors (Lipinski definition) is 5. The molecule has 9 heteroatoms. The Balaban J connectivity index is 0.00000256. The number of carbonyl (C=O) groups is 1. The van der Waals surface area contributed by atoms with Crippen LogP contribution in [0.5, 0.6) is 0 Å². The van der Waals surface area contributed by atoms with Crippen molar-refractivity contribution in [2.45, 2.75) is 19.3 Å². The number of pyridine rings is 1. The average Bonchev–Trinajstić information content (AvgIpc) is 2.76. The monoisotopic (exact) mass is 498 g/mol. The highest BCUT2D eigenvalue weighted by atomic mass is 35.5. The lowest BCUT2D eigenvalue weighted by atomic mass is 9.97. The van der Waals surface area contributed by atoms with Crippen molar-refractivity contribution in [3.8, 4) is 0 Å². The van der Waals surface area contributed by atoms with Crippen LogP contribution in [0.4, 0.5) is 11.5 Å². The molecule has 0 saturated heterocycles. The van der Waals surface area contributed by atoms with Crippen LogP contribution in [0.3, 0.4) is 0 Å². The number of rotatable bonds is 10. The third-order valence-corrected chi connectivity index (χ3v) is 5.16. The van der Waals surface area contributed by atoms with E-state index >= 15 is 0 Å². The van der Waals surface area contributed by atoms with Crippen molar-refractivity contribution in [2.24, 2.45) is 0 Å². The second-order valence-corrected chi connectivity index (χ2v) is 7.56. The van der Waals surface area contributed by atoms with Gasteiger partial charge in [-0.1, -0.05) is 48.9 Å². The summed E-state index contributed by atoms with van der Waals surface area (Å²) in [6, 6.07) is 17.3. The molecule has 0 aliphatic carbocycles. The molecule has 1 amide bonds. The van der Waals surface area contributed by atoms with Crippen molar-refractivity contribution in [1.82, 2.24) is 10.3 Å². The number of aromatic nitrogens is 1. The number of fused-ring (bicyclic) bond motifs is 1. The van der Waals surface area contributed by atoms with Crippen LogP contribution in [0.2, 0.25) is 5.02 Å². The first-order chi connectivity index (χ1) is 14.6. The zero-order valence-electron chi connectivity index (χ0n) is 17.8. The number of nitrogens with one attached hydrogen (secondary N) is 3. The zero-order chi connectivity index (χ0) is 21.3. The van der Waals surface area contributed by atoms with Gasteiger partial charge in [0.2, 0.25) is 5.91 Å². The Kier molecular flexibility index (Phi) is 12.3. The van der Waals surface area contributed by atoms with Crippen LogP contribution >= 0.6 is 36.4 Å². The van der Waals surface area contributed by atoms with E-state index in [1.54, 1.807) is 6.07 Å². The smallest absolute Gasteiger partial charge is 0.225 e. The van der Waals surface area contributed by atoms with Crippen LogP contribution in [0.15, 0.2) is 54.6 Å². The van der Waals surface area contributed by atoms with E-state index in [0.29, 0.717) is 30.2 Å². The van der Waals surface area contributed by atoms with Crippen LogP contribution in [0, 0.1) is 0 Å². The standard InChI is InChI=1S/C23H27ClN4O2.2ClH/c1-16(17-5-3-2-4-6-17)15-22(30)28-23-18-7-10-21(26-12-11-25-13-14-29)27-20(18)9-8-19(23)24;;/h2-10,16,25,29H,11-15H2,1H3,(H,26,27)(H,28,30);2*1H/t16-;;/m1../s1. The summed E-state index contributed by atoms with van der Waals surface area (Å²) in [5, 5.41) is 19.4. The minimum atomic E-state index is -0.0853. The van der Waals surface area contributed by atoms with Gasteiger partial charge in [-0.2, -0.15) is 0 Å². The van der Waals surface area contributed by atoms with Crippen LogP contribution in [-0.4, -0.2) is 42.2 Å². The molecule has 1 aromatic heterocycles. The van der Waals surface area contributed by atoms with E-state index in [9.17, 15) is 4.79 Å². The molecule has 1 heterocycles. The highest BCUT2D eigenvalue weighted by Gasteiger charge is 2.15. The Labute approximate surface area is 206 Å². The zero-order valence-corrected chi connectivity index (χ0v) is 20.2. The maximum Gasteiger partial charge on any atom is 0.225 e. The molecule has 6 nitrogen and oxygen atoms in total. The first kappa shape index (κ1) is 27.9. The summed E-state index contributed by atoms with van der Waals surface area (Å²) in [5.41, 5.74) is 2.46. The fourth-order valence-corrected chi connectivity index (χ4v) is 3.47. The Morgan fingerprint density at radius 2 is 1.78 bits per heavy atom. The van der Waals surface area contributed by atoms with E-state index < -0.39 is 0 Å². The molecule has 174 valence electrons. The van der Waals surface area contributed by atoms with Gasteiger partial charge in [0.15, 0.2) is 0 Å². The molecule has 0 aliphatic rings. The van der Waals surface area contributed by atoms with E-state index in [1.807, 2.05) is 55.5 Å². The van der Waals surface area contributed by atoms with E-state index in [2.05, 4.69) is 20.9 Å². The van der Waals surface area contributed by atoms with Gasteiger partial charge in [-0.15, -0.1) is 24.8 Å². The molecular formula is C23H29Cl3N4O2. The Bertz CT molecular complexity index is 990. The Hall–Kier alpha value is -2.09. The number of anilines is 2. The second kappa shape index (κ2) is 14.1. The van der Waals surface area contributed by atoms with Gasteiger partial charge in [0.05, 0.1) is 22.8 Å². The van der Waals surface area contributed by atoms with Crippen molar-refractivity contribution in [3.05, 3.63) is 65.2 Å². The molecule has 2 aromatic carbocycles. The third kappa shape index (κ3) is 7.80. The van der Waals surface area contributed by atoms with E-state index in [4.69, 9.17) is 16.7 Å². The molecule has 4 N–H and O–H groups in total. The number of halogens is 3. The summed E-state index contributed by atoms with van der Waals surface area (Å²) in [5.74, 6) is 0.761. The summed E-state index contributed by atoms with van der Waals surface area (Å²) in [4.78, 5) is 17.3. The lowest BCUT2D eigenvalue weighted by Gasteiger charge is -2.15. The SMILES string of the molecule is C[C@H](CC(=O)Nc1c(Cl)ccc2nc(NCCNCCO)ccc12)c1ccccc1.Cl.Cl. The minimum absolute atomic E-state index is 0. The molecule has 0 radical (unpaired) electrons. The van der Waals surface area contributed by atoms with Crippen molar-refractivity contribution in [1.29, 1.82) is 0 Å². The first-order valence-electron chi connectivity index (χ1n) is 10.1. The molecule has 3 aromatic rings. The largest absolute Gasteiger partial charge is 0.395 e. The number of amides is 1. The van der Waals surface area contributed by atoms with Crippen molar-refractivity contribution in [3.63, 3.8) is 0 Å². The molecule has 0 spiro atoms. The molecule has 32 heavy (non-hydrogen) atoms. The van der Waals surface area contributed by atoms with Gasteiger partial charge in [-0.05, 0) is 35.7 Å². The highest BCUT2D eigenvalue weighted by molar-refractivity contribution is 6.35. The average molecular weight is 500 g/mol. The fourth-order valence-electron chi connectivity index (χ4n) is 3.25. The second-order valence-electron chi connectivity index (χ2n) is 7.15. The number of hydrogen-bond donors (Lipinski definition) is 4. The minimum Gasteiger partial charge on any atom is -0.395 e. The molecule has 0 aliphatic heterocycles. The van der Waals surface area contributed by atoms with Crippen LogP contribution < -0.4 is 16.0 Å². The van der Waals surface area contributed by atoms with Crippen molar-refractivity contribution >= 4 is 64.7 Å². The topological polar surface area (TPSA) is 86.3 Å². The lowest BCUT2D eigenvalue weighted by Crippen LogP contribution is -2.25. The van der Waals surface area contributed by atoms with Gasteiger partial charge in [-0.3, -0.25) is 4.79 Å². The van der Waals surface area contributed by atoms with E-state index in [1.165, 1.54) is 0 Å². The summed E-state index contributed by atoms with van der Waals surface area (Å²) in [7, 11) is 0. The highest BCUT2D eigenvalue weighted by Crippen LogP contribution is 2.32. The van der Waals surface area contributed by atoms with Crippen LogP contribution in [0.25, 0.3) is 10.9 Å². The summed E-state index contributed by atoms with van der Waals surface area (Å²) in [6.07, 6.45) is 0.366. The number of aliphatic hydroxyl groups excluding tert-OH is 1. The predicted octanol–water partition coefficient (Wildman–Crippen LogP) is 4.86. The van der Waals surface area contributed by atoms with Crippen molar-refractivity contribution < 1.29 is 9.90 Å². The molecule has 0 bridgehead atoms. The van der Waals surface area contributed by atoms with Gasteiger partial charge in [0.25, 0.3) is 0 Å². The molecule has 1 atom stereocenters. The normalized spacial score (nSPS) is 11.2. The van der Waals surface area contributed by atoms with E-state index in [0.717, 1.165) is 28.8 Å². The van der Waals surface area contributed by atoms with Gasteiger partial charge in [0, 0.05) is 31.4 Å². The maximum atomic E-state index is 12.7. The number of nitrogens with zero attached hydrogens (tertiary/aromatic N) is 1. The quantitative estimate of drug-likeness (QED) is 0.299. The molecule has 0 unspecified atom stereocenters. The lowest BCUT2D eigenvalue weighted by molar-refractivity contribution is -0.116. The number of aliphatic hydroxyl groups is 1. The van der Waals surface area contributed by atoms with Gasteiger partial charge in [-0.25, -0.2) is 4.98 Å². The number of benzene rings is 2. The summed E-state index contributed by atoms with van der Waals surface area (Å²) in [6.45, 7) is 4.13. The fraction of sp³-hybridized carbons (Fsp3) is 0.304. The Morgan fingerprint density at radius 3 is 2.50 bits per heavy atom. The molecule has 0 saturated carbocycles. The Morgan fingerprint density at radius 1 is 1.03 bits per heavy atom. The number of carbonyl (C=O) groups excluding carboxylic acids is 1. The van der Waals surface area contributed by atoms with Crippen LogP contribution in [0.1, 0.15) is 24.8 Å².